The predicted molar refractivity (Wildman–Crippen MR) is 99.5 cm³/mol. The smallest absolute Gasteiger partial charge is 0.257 e. The number of hydrogen-bond donors (Lipinski definition) is 2. The molecule has 0 spiro atoms. The van der Waals surface area contributed by atoms with Crippen LogP contribution in [0.1, 0.15) is 10.4 Å². The Bertz CT molecular complexity index is 960. The maximum absolute atomic E-state index is 12.4. The lowest BCUT2D eigenvalue weighted by atomic mass is 10.2. The van der Waals surface area contributed by atoms with Gasteiger partial charge in [-0.25, -0.2) is 4.98 Å². The van der Waals surface area contributed by atoms with Crippen molar-refractivity contribution in [1.82, 2.24) is 4.98 Å². The molecule has 130 valence electrons. The fourth-order valence-electron chi connectivity index (χ4n) is 2.49. The third-order valence-electron chi connectivity index (χ3n) is 3.75. The average Bonchev–Trinajstić information content (AvgIpc) is 3.10. The zero-order chi connectivity index (χ0) is 17.9. The van der Waals surface area contributed by atoms with Crippen LogP contribution in [0.4, 0.5) is 17.2 Å². The summed E-state index contributed by atoms with van der Waals surface area (Å²) in [6, 6.07) is 16.0. The van der Waals surface area contributed by atoms with Crippen LogP contribution in [-0.4, -0.2) is 17.7 Å². The van der Waals surface area contributed by atoms with Crippen LogP contribution in [0.2, 0.25) is 5.02 Å². The highest BCUT2D eigenvalue weighted by Crippen LogP contribution is 2.34. The van der Waals surface area contributed by atoms with Crippen molar-refractivity contribution < 1.29 is 14.3 Å². The lowest BCUT2D eigenvalue weighted by Gasteiger charge is -2.08. The molecule has 0 saturated heterocycles. The second-order valence-corrected chi connectivity index (χ2v) is 6.03. The second kappa shape index (κ2) is 6.93. The van der Waals surface area contributed by atoms with E-state index in [1.807, 2.05) is 12.1 Å². The first-order chi connectivity index (χ1) is 12.7. The van der Waals surface area contributed by atoms with Gasteiger partial charge in [0.2, 0.25) is 6.79 Å². The third kappa shape index (κ3) is 3.55. The number of aromatic nitrogens is 1. The van der Waals surface area contributed by atoms with Crippen molar-refractivity contribution in [2.24, 2.45) is 0 Å². The van der Waals surface area contributed by atoms with Crippen LogP contribution in [0.5, 0.6) is 11.5 Å². The molecule has 0 unspecified atom stereocenters. The molecular weight excluding hydrogens is 354 g/mol. The van der Waals surface area contributed by atoms with Gasteiger partial charge in [-0.15, -0.1) is 0 Å². The molecule has 1 aliphatic heterocycles. The van der Waals surface area contributed by atoms with Gasteiger partial charge < -0.3 is 20.1 Å². The maximum atomic E-state index is 12.4. The van der Waals surface area contributed by atoms with Gasteiger partial charge in [-0.1, -0.05) is 17.7 Å². The number of fused-ring (bicyclic) bond motifs is 1. The standard InChI is InChI=1S/C19H14ClN3O3/c20-13-2-1-3-14(8-13)22-18-7-4-12(10-21-18)19(24)23-15-5-6-16-17(9-15)26-11-25-16/h1-10H,11H2,(H,21,22)(H,23,24). The summed E-state index contributed by atoms with van der Waals surface area (Å²) in [6.45, 7) is 0.192. The van der Waals surface area contributed by atoms with Crippen molar-refractivity contribution in [2.75, 3.05) is 17.4 Å². The zero-order valence-electron chi connectivity index (χ0n) is 13.5. The first-order valence-corrected chi connectivity index (χ1v) is 8.25. The van der Waals surface area contributed by atoms with Crippen LogP contribution in [0, 0.1) is 0 Å². The Morgan fingerprint density at radius 3 is 2.69 bits per heavy atom. The van der Waals surface area contributed by atoms with E-state index < -0.39 is 0 Å². The lowest BCUT2D eigenvalue weighted by molar-refractivity contribution is 0.102. The largest absolute Gasteiger partial charge is 0.454 e. The van der Waals surface area contributed by atoms with Gasteiger partial charge in [0.1, 0.15) is 5.82 Å². The van der Waals surface area contributed by atoms with E-state index in [4.69, 9.17) is 21.1 Å². The SMILES string of the molecule is O=C(Nc1ccc2c(c1)OCO2)c1ccc(Nc2cccc(Cl)c2)nc1. The highest BCUT2D eigenvalue weighted by atomic mass is 35.5. The van der Waals surface area contributed by atoms with Crippen molar-refractivity contribution in [3.05, 3.63) is 71.4 Å². The molecule has 4 rings (SSSR count). The molecule has 3 aromatic rings. The fraction of sp³-hybridized carbons (Fsp3) is 0.0526. The Kier molecular flexibility index (Phi) is 4.33. The molecule has 1 amide bonds. The topological polar surface area (TPSA) is 72.5 Å². The number of ether oxygens (including phenoxy) is 2. The van der Waals surface area contributed by atoms with Crippen LogP contribution in [0.3, 0.4) is 0 Å². The molecule has 26 heavy (non-hydrogen) atoms. The molecule has 0 aliphatic carbocycles. The van der Waals surface area contributed by atoms with Crippen molar-refractivity contribution in [1.29, 1.82) is 0 Å². The number of benzene rings is 2. The molecule has 2 aromatic carbocycles. The van der Waals surface area contributed by atoms with E-state index in [1.165, 1.54) is 6.20 Å². The highest BCUT2D eigenvalue weighted by molar-refractivity contribution is 6.30. The summed E-state index contributed by atoms with van der Waals surface area (Å²) in [5.41, 5.74) is 1.89. The molecule has 0 radical (unpaired) electrons. The number of nitrogens with zero attached hydrogens (tertiary/aromatic N) is 1. The first-order valence-electron chi connectivity index (χ1n) is 7.87. The molecule has 0 bridgehead atoms. The number of anilines is 3. The Morgan fingerprint density at radius 1 is 1.00 bits per heavy atom. The minimum absolute atomic E-state index is 0.192. The number of amides is 1. The highest BCUT2D eigenvalue weighted by Gasteiger charge is 2.14. The van der Waals surface area contributed by atoms with E-state index in [2.05, 4.69) is 15.6 Å². The van der Waals surface area contributed by atoms with Gasteiger partial charge in [-0.2, -0.15) is 0 Å². The van der Waals surface area contributed by atoms with Crippen LogP contribution >= 0.6 is 11.6 Å². The van der Waals surface area contributed by atoms with Crippen LogP contribution < -0.4 is 20.1 Å². The number of pyridine rings is 1. The van der Waals surface area contributed by atoms with Gasteiger partial charge in [0.05, 0.1) is 5.56 Å². The Labute approximate surface area is 154 Å². The number of carbonyl (C=O) groups excluding carboxylic acids is 1. The monoisotopic (exact) mass is 367 g/mol. The average molecular weight is 368 g/mol. The van der Waals surface area contributed by atoms with E-state index >= 15 is 0 Å². The number of nitrogens with one attached hydrogen (secondary N) is 2. The summed E-state index contributed by atoms with van der Waals surface area (Å²) in [5, 5.41) is 6.58. The maximum Gasteiger partial charge on any atom is 0.257 e. The summed E-state index contributed by atoms with van der Waals surface area (Å²) in [5.74, 6) is 1.64. The Morgan fingerprint density at radius 2 is 1.88 bits per heavy atom. The molecule has 0 fully saturated rings. The molecule has 0 saturated carbocycles. The van der Waals surface area contributed by atoms with E-state index in [0.29, 0.717) is 33.6 Å². The zero-order valence-corrected chi connectivity index (χ0v) is 14.3. The molecule has 1 aliphatic rings. The number of carbonyl (C=O) groups is 1. The van der Waals surface area contributed by atoms with E-state index in [9.17, 15) is 4.79 Å². The van der Waals surface area contributed by atoms with Crippen molar-refractivity contribution in [3.63, 3.8) is 0 Å². The van der Waals surface area contributed by atoms with Crippen LogP contribution in [0.15, 0.2) is 60.8 Å². The summed E-state index contributed by atoms with van der Waals surface area (Å²) in [6.07, 6.45) is 1.51. The van der Waals surface area contributed by atoms with Gasteiger partial charge in [0, 0.05) is 28.7 Å². The molecule has 1 aromatic heterocycles. The molecule has 6 nitrogen and oxygen atoms in total. The minimum Gasteiger partial charge on any atom is -0.454 e. The summed E-state index contributed by atoms with van der Waals surface area (Å²) < 4.78 is 10.6. The Hall–Kier alpha value is -3.25. The van der Waals surface area contributed by atoms with E-state index in [1.54, 1.807) is 42.5 Å². The van der Waals surface area contributed by atoms with Gasteiger partial charge >= 0.3 is 0 Å². The fourth-order valence-corrected chi connectivity index (χ4v) is 2.68. The van der Waals surface area contributed by atoms with Crippen LogP contribution in [-0.2, 0) is 0 Å². The number of hydrogen-bond acceptors (Lipinski definition) is 5. The summed E-state index contributed by atoms with van der Waals surface area (Å²) in [4.78, 5) is 16.6. The summed E-state index contributed by atoms with van der Waals surface area (Å²) >= 11 is 5.96. The van der Waals surface area contributed by atoms with Crippen LogP contribution in [0.25, 0.3) is 0 Å². The van der Waals surface area contributed by atoms with E-state index in [-0.39, 0.29) is 12.7 Å². The molecule has 2 heterocycles. The predicted octanol–water partition coefficient (Wildman–Crippen LogP) is 4.46. The first kappa shape index (κ1) is 16.2. The Balaban J connectivity index is 1.43. The number of halogens is 1. The molecule has 0 atom stereocenters. The second-order valence-electron chi connectivity index (χ2n) is 5.59. The molecule has 7 heteroatoms. The van der Waals surface area contributed by atoms with Gasteiger partial charge in [-0.05, 0) is 42.5 Å². The van der Waals surface area contributed by atoms with Gasteiger partial charge in [0.15, 0.2) is 11.5 Å². The molecule has 2 N–H and O–H groups in total. The van der Waals surface area contributed by atoms with E-state index in [0.717, 1.165) is 5.69 Å². The quantitative estimate of drug-likeness (QED) is 0.712. The lowest BCUT2D eigenvalue weighted by Crippen LogP contribution is -2.12. The van der Waals surface area contributed by atoms with Gasteiger partial charge in [-0.3, -0.25) is 4.79 Å². The van der Waals surface area contributed by atoms with Crippen molar-refractivity contribution >= 4 is 34.7 Å². The normalized spacial score (nSPS) is 11.9. The summed E-state index contributed by atoms with van der Waals surface area (Å²) in [7, 11) is 0. The van der Waals surface area contributed by atoms with Crippen molar-refractivity contribution in [3.8, 4) is 11.5 Å². The third-order valence-corrected chi connectivity index (χ3v) is 3.99. The minimum atomic E-state index is -0.259. The van der Waals surface area contributed by atoms with Crippen molar-refractivity contribution in [2.45, 2.75) is 0 Å². The number of rotatable bonds is 4. The van der Waals surface area contributed by atoms with Gasteiger partial charge in [0.25, 0.3) is 5.91 Å². The molecular formula is C19H14ClN3O3.